The lowest BCUT2D eigenvalue weighted by molar-refractivity contribution is -0.384. The van der Waals surface area contributed by atoms with Gasteiger partial charge in [-0.25, -0.2) is 0 Å². The van der Waals surface area contributed by atoms with Crippen molar-refractivity contribution in [3.05, 3.63) is 34.4 Å². The summed E-state index contributed by atoms with van der Waals surface area (Å²) in [5, 5.41) is 13.2. The number of hydrogen-bond acceptors (Lipinski definition) is 6. The normalized spacial score (nSPS) is 21.8. The topological polar surface area (TPSA) is 128 Å². The molecule has 0 spiro atoms. The Morgan fingerprint density at radius 1 is 1.43 bits per heavy atom. The number of carbonyl (C=O) groups is 2. The molecule has 1 heterocycles. The zero-order chi connectivity index (χ0) is 17.1. The van der Waals surface area contributed by atoms with Crippen molar-refractivity contribution >= 4 is 23.2 Å². The summed E-state index contributed by atoms with van der Waals surface area (Å²) in [6, 6.07) is 3.88. The van der Waals surface area contributed by atoms with E-state index in [1.54, 1.807) is 6.92 Å². The van der Waals surface area contributed by atoms with Crippen molar-refractivity contribution in [2.45, 2.75) is 32.0 Å². The van der Waals surface area contributed by atoms with E-state index in [9.17, 15) is 19.7 Å². The van der Waals surface area contributed by atoms with Gasteiger partial charge in [0, 0.05) is 17.8 Å². The molecule has 2 rings (SSSR count). The molecule has 3 N–H and O–H groups in total. The van der Waals surface area contributed by atoms with Crippen LogP contribution >= 0.6 is 0 Å². The van der Waals surface area contributed by atoms with Crippen LogP contribution in [-0.2, 0) is 14.3 Å². The third-order valence-corrected chi connectivity index (χ3v) is 3.54. The number of nitro groups is 1. The maximum atomic E-state index is 12.4. The number of non-ortho nitro benzene ring substituents is 1. The van der Waals surface area contributed by atoms with Crippen LogP contribution < -0.4 is 11.1 Å². The summed E-state index contributed by atoms with van der Waals surface area (Å²) >= 11 is 0. The van der Waals surface area contributed by atoms with Crippen LogP contribution in [0.3, 0.4) is 0 Å². The molecule has 0 saturated carbocycles. The Balaban J connectivity index is 2.11. The summed E-state index contributed by atoms with van der Waals surface area (Å²) < 4.78 is 5.36. The van der Waals surface area contributed by atoms with E-state index in [1.807, 2.05) is 0 Å². The maximum absolute atomic E-state index is 12.4. The predicted molar refractivity (Wildman–Crippen MR) is 81.4 cm³/mol. The molecule has 1 aliphatic heterocycles. The lowest BCUT2D eigenvalue weighted by Crippen LogP contribution is -2.51. The number of nitrogens with two attached hydrogens (primary N) is 1. The van der Waals surface area contributed by atoms with E-state index in [1.165, 1.54) is 36.1 Å². The van der Waals surface area contributed by atoms with Crippen LogP contribution in [0.4, 0.5) is 11.4 Å². The molecule has 0 unspecified atom stereocenters. The molecule has 1 fully saturated rings. The molecular formula is C14H18N4O5. The van der Waals surface area contributed by atoms with Crippen LogP contribution in [0.25, 0.3) is 0 Å². The fourth-order valence-corrected chi connectivity index (χ4v) is 2.32. The van der Waals surface area contributed by atoms with E-state index in [0.717, 1.165) is 0 Å². The fourth-order valence-electron chi connectivity index (χ4n) is 2.32. The predicted octanol–water partition coefficient (Wildman–Crippen LogP) is 0.454. The largest absolute Gasteiger partial charge is 0.355 e. The third-order valence-electron chi connectivity index (χ3n) is 3.54. The van der Waals surface area contributed by atoms with Gasteiger partial charge in [0.1, 0.15) is 12.8 Å². The smallest absolute Gasteiger partial charge is 0.269 e. The van der Waals surface area contributed by atoms with Crippen molar-refractivity contribution in [2.75, 3.05) is 12.0 Å². The van der Waals surface area contributed by atoms with Crippen LogP contribution in [0.15, 0.2) is 24.3 Å². The van der Waals surface area contributed by atoms with E-state index in [4.69, 9.17) is 10.5 Å². The number of hydrogen-bond donors (Lipinski definition) is 2. The number of ether oxygens (including phenoxy) is 1. The van der Waals surface area contributed by atoms with Crippen LogP contribution in [-0.4, -0.2) is 46.6 Å². The highest BCUT2D eigenvalue weighted by Crippen LogP contribution is 2.21. The number of nitro benzene ring substituents is 1. The Bertz CT molecular complexity index is 616. The van der Waals surface area contributed by atoms with Crippen molar-refractivity contribution in [1.82, 2.24) is 4.90 Å². The van der Waals surface area contributed by atoms with Gasteiger partial charge in [0.25, 0.3) is 5.69 Å². The monoisotopic (exact) mass is 322 g/mol. The number of nitrogens with one attached hydrogen (secondary N) is 1. The zero-order valence-electron chi connectivity index (χ0n) is 12.8. The molecule has 9 nitrogen and oxygen atoms in total. The van der Waals surface area contributed by atoms with Crippen molar-refractivity contribution < 1.29 is 19.2 Å². The van der Waals surface area contributed by atoms with Gasteiger partial charge in [-0.3, -0.25) is 19.7 Å². The average molecular weight is 322 g/mol. The Hall–Kier alpha value is -2.52. The molecule has 0 bridgehead atoms. The van der Waals surface area contributed by atoms with Gasteiger partial charge in [-0.15, -0.1) is 0 Å². The lowest BCUT2D eigenvalue weighted by Gasteiger charge is -2.25. The molecule has 0 radical (unpaired) electrons. The van der Waals surface area contributed by atoms with Gasteiger partial charge in [-0.1, -0.05) is 0 Å². The van der Waals surface area contributed by atoms with Crippen LogP contribution in [0.1, 0.15) is 13.8 Å². The SMILES string of the molecule is C[C@H](N)C(=O)N1CO[C@H](C)[C@H]1C(=O)Nc1ccc([N+](=O)[O-])cc1. The minimum atomic E-state index is -0.802. The van der Waals surface area contributed by atoms with Crippen molar-refractivity contribution in [3.8, 4) is 0 Å². The molecule has 1 aromatic carbocycles. The first-order chi connectivity index (χ1) is 10.8. The van der Waals surface area contributed by atoms with Gasteiger partial charge >= 0.3 is 0 Å². The summed E-state index contributed by atoms with van der Waals surface area (Å²) in [6.07, 6.45) is -0.476. The van der Waals surface area contributed by atoms with Crippen LogP contribution in [0.2, 0.25) is 0 Å². The first-order valence-electron chi connectivity index (χ1n) is 7.04. The van der Waals surface area contributed by atoms with Crippen molar-refractivity contribution in [3.63, 3.8) is 0 Å². The fraction of sp³-hybridized carbons (Fsp3) is 0.429. The number of rotatable bonds is 4. The molecule has 1 aliphatic rings. The minimum Gasteiger partial charge on any atom is -0.355 e. The van der Waals surface area contributed by atoms with Gasteiger partial charge in [-0.2, -0.15) is 0 Å². The average Bonchev–Trinajstić information content (AvgIpc) is 2.88. The maximum Gasteiger partial charge on any atom is 0.269 e. The minimum absolute atomic E-state index is 0.000111. The van der Waals surface area contributed by atoms with Gasteiger partial charge < -0.3 is 20.7 Å². The van der Waals surface area contributed by atoms with E-state index >= 15 is 0 Å². The quantitative estimate of drug-likeness (QED) is 0.612. The van der Waals surface area contributed by atoms with Gasteiger partial charge in [0.05, 0.1) is 17.1 Å². The second-order valence-electron chi connectivity index (χ2n) is 5.34. The molecule has 23 heavy (non-hydrogen) atoms. The Kier molecular flexibility index (Phi) is 4.92. The van der Waals surface area contributed by atoms with Gasteiger partial charge in [-0.05, 0) is 26.0 Å². The molecule has 124 valence electrons. The lowest BCUT2D eigenvalue weighted by atomic mass is 10.1. The summed E-state index contributed by atoms with van der Waals surface area (Å²) in [5.74, 6) is -0.809. The Labute approximate surface area is 132 Å². The molecule has 1 aromatic rings. The number of benzene rings is 1. The molecule has 0 aromatic heterocycles. The summed E-state index contributed by atoms with van der Waals surface area (Å²) in [5.41, 5.74) is 5.90. The summed E-state index contributed by atoms with van der Waals surface area (Å²) in [4.78, 5) is 35.8. The number of anilines is 1. The van der Waals surface area contributed by atoms with Crippen LogP contribution in [0, 0.1) is 10.1 Å². The summed E-state index contributed by atoms with van der Waals surface area (Å²) in [7, 11) is 0. The first kappa shape index (κ1) is 16.8. The first-order valence-corrected chi connectivity index (χ1v) is 7.04. The second kappa shape index (κ2) is 6.71. The summed E-state index contributed by atoms with van der Waals surface area (Å²) in [6.45, 7) is 3.23. The van der Waals surface area contributed by atoms with E-state index in [-0.39, 0.29) is 18.3 Å². The Morgan fingerprint density at radius 2 is 2.04 bits per heavy atom. The molecule has 9 heteroatoms. The second-order valence-corrected chi connectivity index (χ2v) is 5.34. The van der Waals surface area contributed by atoms with Crippen molar-refractivity contribution in [2.24, 2.45) is 5.73 Å². The molecule has 3 atom stereocenters. The molecular weight excluding hydrogens is 304 g/mol. The molecule has 1 saturated heterocycles. The molecule has 0 aliphatic carbocycles. The van der Waals surface area contributed by atoms with Crippen LogP contribution in [0.5, 0.6) is 0 Å². The zero-order valence-corrected chi connectivity index (χ0v) is 12.8. The Morgan fingerprint density at radius 3 is 2.57 bits per heavy atom. The van der Waals surface area contributed by atoms with E-state index in [2.05, 4.69) is 5.32 Å². The standard InChI is InChI=1S/C14H18N4O5/c1-8(15)14(20)17-7-23-9(2)12(17)13(19)16-10-3-5-11(6-4-10)18(21)22/h3-6,8-9,12H,7,15H2,1-2H3,(H,16,19)/t8-,9+,12-/m0/s1. The number of carbonyl (C=O) groups excluding carboxylic acids is 2. The van der Waals surface area contributed by atoms with Gasteiger partial charge in [0.15, 0.2) is 0 Å². The van der Waals surface area contributed by atoms with Gasteiger partial charge in [0.2, 0.25) is 11.8 Å². The van der Waals surface area contributed by atoms with E-state index < -0.39 is 29.0 Å². The highest BCUT2D eigenvalue weighted by Gasteiger charge is 2.41. The number of amides is 2. The molecule has 2 amide bonds. The highest BCUT2D eigenvalue weighted by molar-refractivity contribution is 5.98. The third kappa shape index (κ3) is 3.63. The van der Waals surface area contributed by atoms with Crippen molar-refractivity contribution in [1.29, 1.82) is 0 Å². The number of nitrogens with zero attached hydrogens (tertiary/aromatic N) is 2. The highest BCUT2D eigenvalue weighted by atomic mass is 16.6. The van der Waals surface area contributed by atoms with E-state index in [0.29, 0.717) is 5.69 Å².